The Hall–Kier alpha value is -0.710. The molecule has 0 amide bonds. The topological polar surface area (TPSA) is 34.1 Å². The standard InChI is InChI=1S/C24H39IO2/c1-2-3-4-5-6-7-8-9-10-11-12-13-14-15-16-17-18-23-19-21-24(22-20-23)25(26)27/h11-12,19-22H,2-10,13-18H2,1H3. The molecule has 0 aliphatic rings. The predicted molar refractivity (Wildman–Crippen MR) is 124 cm³/mol. The zero-order valence-electron chi connectivity index (χ0n) is 17.3. The van der Waals surface area contributed by atoms with Gasteiger partial charge in [0.15, 0.2) is 0 Å². The molecule has 154 valence electrons. The fourth-order valence-corrected chi connectivity index (χ4v) is 4.28. The second kappa shape index (κ2) is 17.4. The third-order valence-electron chi connectivity index (χ3n) is 5.07. The third-order valence-corrected chi connectivity index (χ3v) is 6.80. The van der Waals surface area contributed by atoms with Crippen molar-refractivity contribution in [2.45, 2.75) is 103 Å². The van der Waals surface area contributed by atoms with Crippen LogP contribution in [0.3, 0.4) is 0 Å². The molecular weight excluding hydrogens is 447 g/mol. The first-order chi connectivity index (χ1) is 13.2. The fraction of sp³-hybridized carbons (Fsp3) is 0.667. The maximum Gasteiger partial charge on any atom is 0.340 e. The quantitative estimate of drug-likeness (QED) is 0.125. The Morgan fingerprint density at radius 2 is 1.15 bits per heavy atom. The molecule has 0 saturated carbocycles. The highest BCUT2D eigenvalue weighted by molar-refractivity contribution is 14.2. The highest BCUT2D eigenvalue weighted by atomic mass is 127. The number of allylic oxidation sites excluding steroid dienone is 2. The van der Waals surface area contributed by atoms with Gasteiger partial charge in [-0.25, -0.2) is 6.14 Å². The summed E-state index contributed by atoms with van der Waals surface area (Å²) in [6, 6.07) is 7.42. The summed E-state index contributed by atoms with van der Waals surface area (Å²) in [5, 5.41) is 0. The summed E-state index contributed by atoms with van der Waals surface area (Å²) in [4.78, 5) is 0. The molecule has 0 heterocycles. The second-order valence-corrected chi connectivity index (χ2v) is 10.0. The minimum Gasteiger partial charge on any atom is -0.230 e. The van der Waals surface area contributed by atoms with Crippen LogP contribution in [0, 0.1) is 3.57 Å². The molecule has 0 radical (unpaired) electrons. The van der Waals surface area contributed by atoms with Gasteiger partial charge in [-0.1, -0.05) is 89.0 Å². The van der Waals surface area contributed by atoms with Gasteiger partial charge in [0.1, 0.15) is 0 Å². The van der Waals surface area contributed by atoms with Gasteiger partial charge in [-0.2, -0.15) is 0 Å². The van der Waals surface area contributed by atoms with E-state index in [1.165, 1.54) is 95.5 Å². The van der Waals surface area contributed by atoms with Gasteiger partial charge in [0.05, 0.1) is 3.57 Å². The number of unbranched alkanes of at least 4 members (excludes halogenated alkanes) is 12. The minimum atomic E-state index is -3.28. The molecule has 1 aromatic carbocycles. The van der Waals surface area contributed by atoms with Crippen molar-refractivity contribution in [2.75, 3.05) is 0 Å². The van der Waals surface area contributed by atoms with Crippen LogP contribution < -0.4 is 0 Å². The average Bonchev–Trinajstić information content (AvgIpc) is 2.68. The first-order valence-corrected chi connectivity index (χ1v) is 13.9. The van der Waals surface area contributed by atoms with Crippen molar-refractivity contribution < 1.29 is 6.14 Å². The van der Waals surface area contributed by atoms with Crippen molar-refractivity contribution in [2.24, 2.45) is 0 Å². The van der Waals surface area contributed by atoms with E-state index in [4.69, 9.17) is 0 Å². The molecule has 3 heteroatoms. The molecule has 0 fully saturated rings. The maximum absolute atomic E-state index is 11.0. The fourth-order valence-electron chi connectivity index (χ4n) is 3.33. The lowest BCUT2D eigenvalue weighted by molar-refractivity contribution is 0.577. The first kappa shape index (κ1) is 24.3. The Morgan fingerprint density at radius 3 is 1.67 bits per heavy atom. The van der Waals surface area contributed by atoms with Crippen LogP contribution in [-0.4, -0.2) is 0 Å². The molecule has 0 atom stereocenters. The predicted octanol–water partition coefficient (Wildman–Crippen LogP) is 8.63. The Balaban J connectivity index is 1.87. The molecular formula is C24H39IO2. The molecule has 0 N–H and O–H groups in total. The summed E-state index contributed by atoms with van der Waals surface area (Å²) in [6.07, 6.45) is 24.5. The molecule has 1 aromatic rings. The van der Waals surface area contributed by atoms with Gasteiger partial charge >= 0.3 is 19.8 Å². The highest BCUT2D eigenvalue weighted by Gasteiger charge is 1.99. The van der Waals surface area contributed by atoms with E-state index in [-0.39, 0.29) is 0 Å². The number of aryl methyl sites for hydroxylation is 1. The van der Waals surface area contributed by atoms with Crippen LogP contribution in [0.2, 0.25) is 0 Å². The van der Waals surface area contributed by atoms with Gasteiger partial charge in [-0.3, -0.25) is 0 Å². The van der Waals surface area contributed by atoms with Gasteiger partial charge in [0, 0.05) is 0 Å². The summed E-state index contributed by atoms with van der Waals surface area (Å²) in [6.45, 7) is 2.27. The normalized spacial score (nSPS) is 11.6. The molecule has 1 rings (SSSR count). The smallest absolute Gasteiger partial charge is 0.230 e. The Labute approximate surface area is 174 Å². The minimum absolute atomic E-state index is 0.502. The number of halogens is 1. The number of rotatable bonds is 17. The molecule has 0 aromatic heterocycles. The van der Waals surface area contributed by atoms with Gasteiger partial charge in [-0.15, -0.1) is 0 Å². The Kier molecular flexibility index (Phi) is 15.7. The van der Waals surface area contributed by atoms with E-state index < -0.39 is 19.8 Å². The van der Waals surface area contributed by atoms with Crippen molar-refractivity contribution in [3.63, 3.8) is 0 Å². The van der Waals surface area contributed by atoms with Crippen molar-refractivity contribution in [3.8, 4) is 0 Å². The molecule has 2 nitrogen and oxygen atoms in total. The van der Waals surface area contributed by atoms with Gasteiger partial charge in [-0.05, 0) is 56.2 Å². The summed E-state index contributed by atoms with van der Waals surface area (Å²) in [7, 11) is 0. The second-order valence-electron chi connectivity index (χ2n) is 7.53. The van der Waals surface area contributed by atoms with Gasteiger partial charge in [0.25, 0.3) is 0 Å². The van der Waals surface area contributed by atoms with Crippen LogP contribution in [0.15, 0.2) is 36.4 Å². The van der Waals surface area contributed by atoms with E-state index >= 15 is 0 Å². The zero-order chi connectivity index (χ0) is 19.6. The molecule has 0 bridgehead atoms. The molecule has 0 unspecified atom stereocenters. The lowest BCUT2D eigenvalue weighted by atomic mass is 10.1. The van der Waals surface area contributed by atoms with Gasteiger partial charge in [0.2, 0.25) is 0 Å². The number of hydrogen-bond donors (Lipinski definition) is 0. The maximum atomic E-state index is 11.0. The Morgan fingerprint density at radius 1 is 0.667 bits per heavy atom. The van der Waals surface area contributed by atoms with Crippen LogP contribution in [0.5, 0.6) is 0 Å². The van der Waals surface area contributed by atoms with E-state index in [1.54, 1.807) is 12.1 Å². The van der Waals surface area contributed by atoms with Gasteiger partial charge < -0.3 is 0 Å². The molecule has 0 saturated heterocycles. The van der Waals surface area contributed by atoms with Crippen LogP contribution in [0.4, 0.5) is 0 Å². The largest absolute Gasteiger partial charge is 0.340 e. The van der Waals surface area contributed by atoms with E-state index in [1.807, 2.05) is 12.1 Å². The number of benzene rings is 1. The highest BCUT2D eigenvalue weighted by Crippen LogP contribution is 2.18. The van der Waals surface area contributed by atoms with Crippen LogP contribution in [0.1, 0.15) is 102 Å². The molecule has 0 aliphatic heterocycles. The third kappa shape index (κ3) is 14.0. The van der Waals surface area contributed by atoms with Crippen molar-refractivity contribution >= 4 is 19.8 Å². The Bertz CT molecular complexity index is 550. The molecule has 27 heavy (non-hydrogen) atoms. The van der Waals surface area contributed by atoms with Crippen LogP contribution in [0.25, 0.3) is 0 Å². The van der Waals surface area contributed by atoms with E-state index in [0.717, 1.165) is 6.42 Å². The summed E-state index contributed by atoms with van der Waals surface area (Å²) < 4.78 is 22.4. The zero-order valence-corrected chi connectivity index (χ0v) is 19.4. The van der Waals surface area contributed by atoms with E-state index in [9.17, 15) is 6.14 Å². The first-order valence-electron chi connectivity index (χ1n) is 11.0. The molecule has 0 aliphatic carbocycles. The van der Waals surface area contributed by atoms with Crippen molar-refractivity contribution in [1.29, 1.82) is 0 Å². The average molecular weight is 486 g/mol. The van der Waals surface area contributed by atoms with Crippen molar-refractivity contribution in [1.82, 2.24) is 0 Å². The number of hydrogen-bond acceptors (Lipinski definition) is 2. The van der Waals surface area contributed by atoms with E-state index in [2.05, 4.69) is 19.1 Å². The lowest BCUT2D eigenvalue weighted by Crippen LogP contribution is -1.86. The lowest BCUT2D eigenvalue weighted by Gasteiger charge is -2.02. The summed E-state index contributed by atoms with van der Waals surface area (Å²) in [5.74, 6) is 0. The van der Waals surface area contributed by atoms with Crippen molar-refractivity contribution in [3.05, 3.63) is 45.6 Å². The molecule has 0 spiro atoms. The SMILES string of the molecule is CCCCCCCCCCC=CCCCCCCc1ccc(I(=O)=O)cc1. The monoisotopic (exact) mass is 486 g/mol. The van der Waals surface area contributed by atoms with E-state index in [0.29, 0.717) is 3.57 Å². The van der Waals surface area contributed by atoms with Crippen LogP contribution >= 0.6 is 19.8 Å². The summed E-state index contributed by atoms with van der Waals surface area (Å²) in [5.41, 5.74) is 1.25. The van der Waals surface area contributed by atoms with Crippen LogP contribution in [-0.2, 0) is 12.6 Å². The summed E-state index contributed by atoms with van der Waals surface area (Å²) >= 11 is -3.28.